The van der Waals surface area contributed by atoms with Gasteiger partial charge in [0.15, 0.2) is 0 Å². The summed E-state index contributed by atoms with van der Waals surface area (Å²) in [6, 6.07) is 0. The molecule has 0 aromatic rings. The van der Waals surface area contributed by atoms with Crippen molar-refractivity contribution >= 4 is 0 Å². The highest BCUT2D eigenvalue weighted by Crippen LogP contribution is 2.32. The molecule has 0 aromatic heterocycles. The fraction of sp³-hybridized carbons (Fsp3) is 0.867. The minimum absolute atomic E-state index is 0.291. The van der Waals surface area contributed by atoms with Gasteiger partial charge < -0.3 is 4.90 Å². The van der Waals surface area contributed by atoms with Crippen molar-refractivity contribution in [2.24, 2.45) is 11.3 Å². The lowest BCUT2D eigenvalue weighted by atomic mass is 9.82. The molecule has 1 fully saturated rings. The average molecular weight is 225 g/mol. The molecule has 1 rings (SSSR count). The third-order valence-corrected chi connectivity index (χ3v) is 3.41. The van der Waals surface area contributed by atoms with E-state index in [1.807, 2.05) is 13.8 Å². The number of rotatable bonds is 3. The second kappa shape index (κ2) is 7.11. The van der Waals surface area contributed by atoms with Gasteiger partial charge in [-0.2, -0.15) is 0 Å². The first kappa shape index (κ1) is 15.7. The molecular weight excluding hydrogens is 194 g/mol. The second-order valence-electron chi connectivity index (χ2n) is 5.61. The van der Waals surface area contributed by atoms with E-state index in [9.17, 15) is 0 Å². The van der Waals surface area contributed by atoms with E-state index in [0.717, 1.165) is 5.92 Å². The zero-order chi connectivity index (χ0) is 12.8. The van der Waals surface area contributed by atoms with Crippen LogP contribution in [0.4, 0.5) is 0 Å². The molecule has 1 saturated heterocycles. The molecule has 0 saturated carbocycles. The van der Waals surface area contributed by atoms with Crippen molar-refractivity contribution < 1.29 is 0 Å². The Kier molecular flexibility index (Phi) is 6.98. The van der Waals surface area contributed by atoms with Crippen molar-refractivity contribution in [2.75, 3.05) is 19.6 Å². The summed E-state index contributed by atoms with van der Waals surface area (Å²) < 4.78 is 0. The number of likely N-dealkylation sites (tertiary alicyclic amines) is 1. The van der Waals surface area contributed by atoms with Crippen LogP contribution in [0.3, 0.4) is 0 Å². The fourth-order valence-electron chi connectivity index (χ4n) is 2.02. The Morgan fingerprint density at radius 3 is 2.25 bits per heavy atom. The van der Waals surface area contributed by atoms with Gasteiger partial charge in [0.1, 0.15) is 0 Å². The zero-order valence-electron chi connectivity index (χ0n) is 12.3. The van der Waals surface area contributed by atoms with E-state index in [2.05, 4.69) is 39.2 Å². The third-order valence-electron chi connectivity index (χ3n) is 3.41. The number of allylic oxidation sites excluding steroid dienone is 1. The molecule has 0 radical (unpaired) electrons. The Bertz CT molecular complexity index is 200. The largest absolute Gasteiger partial charge is 0.303 e. The van der Waals surface area contributed by atoms with Crippen LogP contribution in [-0.4, -0.2) is 24.5 Å². The lowest BCUT2D eigenvalue weighted by Crippen LogP contribution is -2.20. The fourth-order valence-corrected chi connectivity index (χ4v) is 2.02. The Morgan fingerprint density at radius 2 is 1.88 bits per heavy atom. The number of nitrogens with zero attached hydrogens (tertiary/aromatic N) is 1. The molecule has 16 heavy (non-hydrogen) atoms. The zero-order valence-corrected chi connectivity index (χ0v) is 12.3. The molecule has 1 heterocycles. The highest BCUT2D eigenvalue weighted by atomic mass is 15.1. The van der Waals surface area contributed by atoms with E-state index < -0.39 is 0 Å². The minimum atomic E-state index is 0.291. The van der Waals surface area contributed by atoms with Gasteiger partial charge in [0, 0.05) is 6.54 Å². The predicted molar refractivity (Wildman–Crippen MR) is 74.8 cm³/mol. The van der Waals surface area contributed by atoms with Crippen LogP contribution in [0.2, 0.25) is 0 Å². The smallest absolute Gasteiger partial charge is 0.00131 e. The summed E-state index contributed by atoms with van der Waals surface area (Å²) in [6.45, 7) is 21.1. The van der Waals surface area contributed by atoms with E-state index in [-0.39, 0.29) is 0 Å². The van der Waals surface area contributed by atoms with Crippen molar-refractivity contribution in [1.82, 2.24) is 4.90 Å². The van der Waals surface area contributed by atoms with Gasteiger partial charge in [-0.15, -0.1) is 0 Å². The molecular formula is C15H31N. The monoisotopic (exact) mass is 225 g/mol. The summed E-state index contributed by atoms with van der Waals surface area (Å²) in [5.41, 5.74) is 1.71. The van der Waals surface area contributed by atoms with Gasteiger partial charge in [-0.25, -0.2) is 0 Å². The summed E-state index contributed by atoms with van der Waals surface area (Å²) in [5.74, 6) is 0.863. The van der Waals surface area contributed by atoms with Gasteiger partial charge >= 0.3 is 0 Å². The molecule has 1 aliphatic heterocycles. The number of hydrogen-bond donors (Lipinski definition) is 0. The first-order chi connectivity index (χ1) is 7.43. The summed E-state index contributed by atoms with van der Waals surface area (Å²) in [6.07, 6.45) is 2.59. The normalized spacial score (nSPS) is 21.5. The second-order valence-corrected chi connectivity index (χ2v) is 5.61. The molecule has 1 nitrogen and oxygen atoms in total. The first-order valence-corrected chi connectivity index (χ1v) is 6.84. The maximum atomic E-state index is 4.22. The maximum Gasteiger partial charge on any atom is 0.00131 e. The van der Waals surface area contributed by atoms with Crippen LogP contribution in [0.1, 0.15) is 54.4 Å². The van der Waals surface area contributed by atoms with Gasteiger partial charge in [0.25, 0.3) is 0 Å². The summed E-state index contributed by atoms with van der Waals surface area (Å²) in [5, 5.41) is 0. The lowest BCUT2D eigenvalue weighted by Gasteiger charge is -2.24. The van der Waals surface area contributed by atoms with Crippen molar-refractivity contribution in [3.8, 4) is 0 Å². The summed E-state index contributed by atoms with van der Waals surface area (Å²) in [4.78, 5) is 2.54. The van der Waals surface area contributed by atoms with Gasteiger partial charge in [-0.1, -0.05) is 53.7 Å². The van der Waals surface area contributed by atoms with E-state index in [1.165, 1.54) is 38.0 Å². The van der Waals surface area contributed by atoms with Crippen LogP contribution in [0.25, 0.3) is 0 Å². The summed E-state index contributed by atoms with van der Waals surface area (Å²) in [7, 11) is 0. The molecule has 1 heteroatoms. The standard InChI is InChI=1S/C13H25N.C2H6/c1-6-14-8-7-12(10-14)9-11(2)13(3,4)5;1-2/h12H,2,6-10H2,1,3-5H3;1-2H3. The number of hydrogen-bond acceptors (Lipinski definition) is 1. The molecule has 0 aliphatic carbocycles. The average Bonchev–Trinajstić information content (AvgIpc) is 2.67. The molecule has 0 aromatic carbocycles. The van der Waals surface area contributed by atoms with Crippen LogP contribution in [0, 0.1) is 11.3 Å². The molecule has 96 valence electrons. The van der Waals surface area contributed by atoms with E-state index in [4.69, 9.17) is 0 Å². The SMILES string of the molecule is C=C(CC1CCN(CC)C1)C(C)(C)C.CC. The molecule has 1 unspecified atom stereocenters. The van der Waals surface area contributed by atoms with Crippen molar-refractivity contribution in [3.05, 3.63) is 12.2 Å². The molecule has 0 spiro atoms. The van der Waals surface area contributed by atoms with Crippen LogP contribution >= 0.6 is 0 Å². The maximum absolute atomic E-state index is 4.22. The quantitative estimate of drug-likeness (QED) is 0.646. The molecule has 0 N–H and O–H groups in total. The van der Waals surface area contributed by atoms with Crippen LogP contribution in [0.5, 0.6) is 0 Å². The first-order valence-electron chi connectivity index (χ1n) is 6.84. The van der Waals surface area contributed by atoms with E-state index >= 15 is 0 Å². The van der Waals surface area contributed by atoms with Crippen molar-refractivity contribution in [2.45, 2.75) is 54.4 Å². The predicted octanol–water partition coefficient (Wildman–Crippen LogP) is 4.35. The lowest BCUT2D eigenvalue weighted by molar-refractivity contribution is 0.336. The molecule has 0 bridgehead atoms. The Labute approximate surface area is 103 Å². The van der Waals surface area contributed by atoms with Gasteiger partial charge in [0.05, 0.1) is 0 Å². The van der Waals surface area contributed by atoms with Gasteiger partial charge in [-0.05, 0) is 37.3 Å². The van der Waals surface area contributed by atoms with Crippen LogP contribution in [0.15, 0.2) is 12.2 Å². The minimum Gasteiger partial charge on any atom is -0.303 e. The summed E-state index contributed by atoms with van der Waals surface area (Å²) >= 11 is 0. The third kappa shape index (κ3) is 5.16. The Hall–Kier alpha value is -0.300. The topological polar surface area (TPSA) is 3.24 Å². The van der Waals surface area contributed by atoms with Crippen LogP contribution in [-0.2, 0) is 0 Å². The highest BCUT2D eigenvalue weighted by molar-refractivity contribution is 5.06. The molecule has 1 atom stereocenters. The van der Waals surface area contributed by atoms with E-state index in [0.29, 0.717) is 5.41 Å². The molecule has 1 aliphatic rings. The molecule has 0 amide bonds. The van der Waals surface area contributed by atoms with Gasteiger partial charge in [-0.3, -0.25) is 0 Å². The van der Waals surface area contributed by atoms with Gasteiger partial charge in [0.2, 0.25) is 0 Å². The Balaban J connectivity index is 0.00000106. The highest BCUT2D eigenvalue weighted by Gasteiger charge is 2.24. The van der Waals surface area contributed by atoms with E-state index in [1.54, 1.807) is 0 Å². The van der Waals surface area contributed by atoms with Crippen LogP contribution < -0.4 is 0 Å². The van der Waals surface area contributed by atoms with Crippen molar-refractivity contribution in [1.29, 1.82) is 0 Å². The Morgan fingerprint density at radius 1 is 1.31 bits per heavy atom. The van der Waals surface area contributed by atoms with Crippen molar-refractivity contribution in [3.63, 3.8) is 0 Å².